The number of halogens is 10. The average molecular weight is 963 g/mol. The molecule has 2 aliphatic carbocycles. The molecular formula is C57H56F10O2. The number of hydrogen-bond acceptors (Lipinski definition) is 2. The molecule has 0 atom stereocenters. The van der Waals surface area contributed by atoms with Crippen LogP contribution in [-0.4, -0.2) is 0 Å². The lowest BCUT2D eigenvalue weighted by Gasteiger charge is -2.31. The maximum Gasteiger partial charge on any atom is 0.427 e. The Hall–Kier alpha value is -5.78. The van der Waals surface area contributed by atoms with E-state index in [0.717, 1.165) is 80.7 Å². The van der Waals surface area contributed by atoms with E-state index in [0.29, 0.717) is 39.7 Å². The van der Waals surface area contributed by atoms with Gasteiger partial charge in [0.1, 0.15) is 11.5 Å². The summed E-state index contributed by atoms with van der Waals surface area (Å²) >= 11 is 0. The minimum Gasteiger partial charge on any atom is -0.428 e. The maximum absolute atomic E-state index is 15.6. The van der Waals surface area contributed by atoms with E-state index in [2.05, 4.69) is 13.8 Å². The molecular weight excluding hydrogens is 907 g/mol. The van der Waals surface area contributed by atoms with Crippen molar-refractivity contribution in [2.45, 2.75) is 121 Å². The van der Waals surface area contributed by atoms with Crippen LogP contribution in [0.1, 0.15) is 130 Å². The van der Waals surface area contributed by atoms with E-state index in [4.69, 9.17) is 9.47 Å². The lowest BCUT2D eigenvalue weighted by Crippen LogP contribution is -2.25. The molecule has 0 heterocycles. The smallest absolute Gasteiger partial charge is 0.427 e. The standard InChI is InChI=1S/C29H29F5O.C28H27F5O/c1-2-7-20-12-14-21(15-13-20)24-8-3-5-10-26(24)29(33,34)35-27-11-6-4-9-25(27)22-16-18-23(19-17-22)28(30,31)32;1-2-19-7-9-20(10-8-19)21-11-17-24(18-12-21)28(32,33)34-26-6-4-3-5-25(26)22-13-15-23(16-14-22)27(29,30)31/h3-6,8-11,16-21H,2,7,12-15H2,1H3;3-6,11-20H,2,7-10H2,1H3. The van der Waals surface area contributed by atoms with Gasteiger partial charge in [-0.3, -0.25) is 0 Å². The molecule has 2 aliphatic rings. The Morgan fingerprint density at radius 3 is 1.32 bits per heavy atom. The molecule has 0 radical (unpaired) electrons. The molecule has 0 amide bonds. The summed E-state index contributed by atoms with van der Waals surface area (Å²) in [6, 6.07) is 33.9. The van der Waals surface area contributed by atoms with E-state index in [9.17, 15) is 26.3 Å². The summed E-state index contributed by atoms with van der Waals surface area (Å²) in [6.07, 6.45) is -4.33. The highest BCUT2D eigenvalue weighted by molar-refractivity contribution is 5.71. The van der Waals surface area contributed by atoms with E-state index < -0.39 is 35.7 Å². The first kappa shape index (κ1) is 51.1. The lowest BCUT2D eigenvalue weighted by atomic mass is 9.76. The number of ether oxygens (including phenoxy) is 2. The van der Waals surface area contributed by atoms with Gasteiger partial charge in [0, 0.05) is 11.1 Å². The predicted octanol–water partition coefficient (Wildman–Crippen LogP) is 18.8. The van der Waals surface area contributed by atoms with Crippen molar-refractivity contribution >= 4 is 0 Å². The second-order valence-electron chi connectivity index (χ2n) is 18.2. The molecule has 0 bridgehead atoms. The van der Waals surface area contributed by atoms with Crippen molar-refractivity contribution in [3.05, 3.63) is 179 Å². The highest BCUT2D eigenvalue weighted by atomic mass is 19.4. The lowest BCUT2D eigenvalue weighted by molar-refractivity contribution is -0.186. The summed E-state index contributed by atoms with van der Waals surface area (Å²) in [5.74, 6) is 1.69. The average Bonchev–Trinajstić information content (AvgIpc) is 3.34. The Balaban J connectivity index is 0.000000204. The fraction of sp³-hybridized carbons (Fsp3) is 0.368. The van der Waals surface area contributed by atoms with Crippen LogP contribution in [0.15, 0.2) is 146 Å². The van der Waals surface area contributed by atoms with Gasteiger partial charge >= 0.3 is 24.6 Å². The van der Waals surface area contributed by atoms with Gasteiger partial charge in [0.2, 0.25) is 0 Å². The molecule has 2 nitrogen and oxygen atoms in total. The Labute approximate surface area is 397 Å². The van der Waals surface area contributed by atoms with Gasteiger partial charge in [-0.2, -0.15) is 43.9 Å². The molecule has 6 aromatic rings. The van der Waals surface area contributed by atoms with Crippen LogP contribution >= 0.6 is 0 Å². The van der Waals surface area contributed by atoms with Crippen LogP contribution in [0.4, 0.5) is 43.9 Å². The molecule has 366 valence electrons. The summed E-state index contributed by atoms with van der Waals surface area (Å²) in [5.41, 5.74) is 0.986. The third-order valence-corrected chi connectivity index (χ3v) is 13.7. The Morgan fingerprint density at radius 1 is 0.420 bits per heavy atom. The first-order chi connectivity index (χ1) is 32.9. The molecule has 2 saturated carbocycles. The summed E-state index contributed by atoms with van der Waals surface area (Å²) in [7, 11) is 0. The molecule has 6 aromatic carbocycles. The van der Waals surface area contributed by atoms with E-state index in [1.807, 2.05) is 0 Å². The molecule has 0 saturated heterocycles. The van der Waals surface area contributed by atoms with Crippen LogP contribution in [0.25, 0.3) is 22.3 Å². The number of benzene rings is 6. The highest BCUT2D eigenvalue weighted by Crippen LogP contribution is 2.45. The number of para-hydroxylation sites is 2. The topological polar surface area (TPSA) is 18.5 Å². The summed E-state index contributed by atoms with van der Waals surface area (Å²) in [5, 5.41) is 0. The molecule has 12 heteroatoms. The fourth-order valence-electron chi connectivity index (χ4n) is 9.80. The molecule has 0 spiro atoms. The van der Waals surface area contributed by atoms with Gasteiger partial charge in [-0.25, -0.2) is 0 Å². The Kier molecular flexibility index (Phi) is 16.2. The molecule has 0 unspecified atom stereocenters. The van der Waals surface area contributed by atoms with Gasteiger partial charge in [0.15, 0.2) is 0 Å². The van der Waals surface area contributed by atoms with Crippen molar-refractivity contribution < 1.29 is 53.4 Å². The van der Waals surface area contributed by atoms with E-state index >= 15 is 17.6 Å². The zero-order chi connectivity index (χ0) is 49.4. The molecule has 0 N–H and O–H groups in total. The van der Waals surface area contributed by atoms with E-state index in [1.54, 1.807) is 66.7 Å². The van der Waals surface area contributed by atoms with Gasteiger partial charge in [-0.1, -0.05) is 124 Å². The minimum atomic E-state index is -4.47. The van der Waals surface area contributed by atoms with Crippen LogP contribution in [-0.2, 0) is 24.6 Å². The van der Waals surface area contributed by atoms with Crippen LogP contribution in [0.2, 0.25) is 0 Å². The number of alkyl halides is 10. The first-order valence-corrected chi connectivity index (χ1v) is 23.7. The van der Waals surface area contributed by atoms with Crippen molar-refractivity contribution in [1.82, 2.24) is 0 Å². The van der Waals surface area contributed by atoms with Crippen LogP contribution < -0.4 is 9.47 Å². The van der Waals surface area contributed by atoms with Crippen LogP contribution in [0, 0.1) is 11.8 Å². The molecule has 69 heavy (non-hydrogen) atoms. The number of hydrogen-bond donors (Lipinski definition) is 0. The normalized spacial score (nSPS) is 19.0. The summed E-state index contributed by atoms with van der Waals surface area (Å²) < 4.78 is 149. The zero-order valence-corrected chi connectivity index (χ0v) is 38.5. The minimum absolute atomic E-state index is 0.0546. The SMILES string of the molecule is CCC1CCC(c2ccc(C(F)(F)Oc3ccccc3-c3ccc(C(F)(F)F)cc3)cc2)CC1.CCCC1CCC(c2ccccc2C(F)(F)Oc2ccccc2-c2ccc(C(F)(F)F)cc2)CC1. The van der Waals surface area contributed by atoms with Gasteiger partial charge < -0.3 is 9.47 Å². The van der Waals surface area contributed by atoms with Gasteiger partial charge in [-0.05, 0) is 152 Å². The van der Waals surface area contributed by atoms with Gasteiger partial charge in [-0.15, -0.1) is 0 Å². The Bertz CT molecular complexity index is 2550. The van der Waals surface area contributed by atoms with Crippen molar-refractivity contribution in [2.24, 2.45) is 11.8 Å². The maximum atomic E-state index is 15.6. The van der Waals surface area contributed by atoms with Gasteiger partial charge in [0.05, 0.1) is 22.3 Å². The first-order valence-electron chi connectivity index (χ1n) is 23.7. The fourth-order valence-corrected chi connectivity index (χ4v) is 9.80. The second kappa shape index (κ2) is 21.9. The van der Waals surface area contributed by atoms with Crippen molar-refractivity contribution in [1.29, 1.82) is 0 Å². The third kappa shape index (κ3) is 12.9. The van der Waals surface area contributed by atoms with Crippen molar-refractivity contribution in [3.63, 3.8) is 0 Å². The predicted molar refractivity (Wildman–Crippen MR) is 250 cm³/mol. The van der Waals surface area contributed by atoms with Crippen molar-refractivity contribution in [2.75, 3.05) is 0 Å². The summed E-state index contributed by atoms with van der Waals surface area (Å²) in [6.45, 7) is 4.37. The van der Waals surface area contributed by atoms with Crippen LogP contribution in [0.3, 0.4) is 0 Å². The van der Waals surface area contributed by atoms with E-state index in [-0.39, 0.29) is 28.5 Å². The monoisotopic (exact) mass is 962 g/mol. The summed E-state index contributed by atoms with van der Waals surface area (Å²) in [4.78, 5) is 0. The second-order valence-corrected chi connectivity index (χ2v) is 18.2. The van der Waals surface area contributed by atoms with E-state index in [1.165, 1.54) is 80.3 Å². The number of rotatable bonds is 13. The molecule has 0 aliphatic heterocycles. The largest absolute Gasteiger partial charge is 0.428 e. The highest BCUT2D eigenvalue weighted by Gasteiger charge is 2.40. The molecule has 0 aromatic heterocycles. The van der Waals surface area contributed by atoms with Crippen molar-refractivity contribution in [3.8, 4) is 33.8 Å². The zero-order valence-electron chi connectivity index (χ0n) is 38.5. The Morgan fingerprint density at radius 2 is 0.841 bits per heavy atom. The van der Waals surface area contributed by atoms with Crippen LogP contribution in [0.5, 0.6) is 11.5 Å². The quantitative estimate of drug-likeness (QED) is 0.107. The third-order valence-electron chi connectivity index (χ3n) is 13.7. The molecule has 8 rings (SSSR count). The molecule has 2 fully saturated rings. The van der Waals surface area contributed by atoms with Gasteiger partial charge in [0.25, 0.3) is 0 Å².